The van der Waals surface area contributed by atoms with E-state index in [0.29, 0.717) is 10.7 Å². The largest absolute Gasteiger partial charge is 0.383 e. The molecule has 0 heterocycles. The van der Waals surface area contributed by atoms with Crippen molar-refractivity contribution in [1.82, 2.24) is 4.31 Å². The number of anilines is 1. The van der Waals surface area contributed by atoms with Gasteiger partial charge in [0.05, 0.1) is 12.9 Å². The predicted molar refractivity (Wildman–Crippen MR) is 87.7 cm³/mol. The minimum atomic E-state index is -3.36. The molecule has 8 heteroatoms. The summed E-state index contributed by atoms with van der Waals surface area (Å²) in [7, 11) is -1.87. The van der Waals surface area contributed by atoms with Crippen LogP contribution in [0.2, 0.25) is 5.02 Å². The molecule has 0 unspecified atom stereocenters. The smallest absolute Gasteiger partial charge is 0.225 e. The van der Waals surface area contributed by atoms with Gasteiger partial charge in [0.1, 0.15) is 0 Å². The third kappa shape index (κ3) is 6.31. The Labute approximate surface area is 136 Å². The molecule has 0 aliphatic carbocycles. The Bertz CT molecular complexity index is 619. The van der Waals surface area contributed by atoms with Gasteiger partial charge in [0.15, 0.2) is 0 Å². The maximum Gasteiger partial charge on any atom is 0.225 e. The Morgan fingerprint density at radius 2 is 2.05 bits per heavy atom. The molecule has 0 fully saturated rings. The number of ether oxygens (including phenoxy) is 1. The summed E-state index contributed by atoms with van der Waals surface area (Å²) < 4.78 is 29.4. The summed E-state index contributed by atoms with van der Waals surface area (Å²) in [6.45, 7) is 2.46. The van der Waals surface area contributed by atoms with Crippen molar-refractivity contribution in [2.75, 3.05) is 38.4 Å². The Balaban J connectivity index is 2.60. The maximum absolute atomic E-state index is 12.0. The molecule has 0 bridgehead atoms. The van der Waals surface area contributed by atoms with E-state index in [-0.39, 0.29) is 32.0 Å². The Hall–Kier alpha value is -1.15. The zero-order chi connectivity index (χ0) is 16.8. The van der Waals surface area contributed by atoms with Gasteiger partial charge in [-0.05, 0) is 30.7 Å². The molecule has 1 rings (SSSR count). The molecule has 0 aromatic heterocycles. The van der Waals surface area contributed by atoms with Gasteiger partial charge in [0, 0.05) is 37.3 Å². The molecule has 1 amide bonds. The second-order valence-electron chi connectivity index (χ2n) is 4.91. The molecule has 1 N–H and O–H groups in total. The van der Waals surface area contributed by atoms with Crippen LogP contribution in [0, 0.1) is 6.92 Å². The highest BCUT2D eigenvalue weighted by Gasteiger charge is 2.17. The first-order valence-electron chi connectivity index (χ1n) is 6.74. The second-order valence-corrected chi connectivity index (χ2v) is 7.33. The topological polar surface area (TPSA) is 75.7 Å². The van der Waals surface area contributed by atoms with Gasteiger partial charge in [-0.1, -0.05) is 11.6 Å². The van der Waals surface area contributed by atoms with Crippen LogP contribution in [0.1, 0.15) is 12.0 Å². The van der Waals surface area contributed by atoms with E-state index in [1.165, 1.54) is 11.4 Å². The fraction of sp³-hybridized carbons (Fsp3) is 0.500. The molecule has 1 aromatic carbocycles. The summed E-state index contributed by atoms with van der Waals surface area (Å²) in [4.78, 5) is 12.0. The van der Waals surface area contributed by atoms with Crippen LogP contribution < -0.4 is 5.32 Å². The Morgan fingerprint density at radius 1 is 1.36 bits per heavy atom. The van der Waals surface area contributed by atoms with Gasteiger partial charge in [-0.15, -0.1) is 0 Å². The maximum atomic E-state index is 12.0. The zero-order valence-electron chi connectivity index (χ0n) is 12.9. The lowest BCUT2D eigenvalue weighted by Gasteiger charge is -2.19. The van der Waals surface area contributed by atoms with Crippen molar-refractivity contribution in [3.8, 4) is 0 Å². The number of aryl methyl sites for hydroxylation is 1. The lowest BCUT2D eigenvalue weighted by atomic mass is 10.2. The number of carbonyl (C=O) groups is 1. The van der Waals surface area contributed by atoms with E-state index in [1.807, 2.05) is 6.92 Å². The van der Waals surface area contributed by atoms with Gasteiger partial charge in [0.2, 0.25) is 15.9 Å². The summed E-state index contributed by atoms with van der Waals surface area (Å²) in [6, 6.07) is 5.15. The summed E-state index contributed by atoms with van der Waals surface area (Å²) in [6.07, 6.45) is 1.18. The molecule has 0 aliphatic rings. The summed E-state index contributed by atoms with van der Waals surface area (Å²) in [5, 5.41) is 3.35. The number of carbonyl (C=O) groups excluding carboxylic acids is 1. The first-order chi connectivity index (χ1) is 10.2. The number of sulfonamides is 1. The van der Waals surface area contributed by atoms with Crippen molar-refractivity contribution < 1.29 is 17.9 Å². The highest BCUT2D eigenvalue weighted by Crippen LogP contribution is 2.19. The number of hydrogen-bond acceptors (Lipinski definition) is 4. The molecule has 0 saturated carbocycles. The van der Waals surface area contributed by atoms with E-state index in [1.54, 1.807) is 18.2 Å². The van der Waals surface area contributed by atoms with Gasteiger partial charge >= 0.3 is 0 Å². The fourth-order valence-electron chi connectivity index (χ4n) is 1.84. The first-order valence-corrected chi connectivity index (χ1v) is 8.96. The number of methoxy groups -OCH3 is 1. The van der Waals surface area contributed by atoms with E-state index in [4.69, 9.17) is 16.3 Å². The summed E-state index contributed by atoms with van der Waals surface area (Å²) in [5.41, 5.74) is 1.51. The Morgan fingerprint density at radius 3 is 2.59 bits per heavy atom. The van der Waals surface area contributed by atoms with Crippen LogP contribution in [0.15, 0.2) is 18.2 Å². The highest BCUT2D eigenvalue weighted by molar-refractivity contribution is 7.88. The van der Waals surface area contributed by atoms with E-state index in [2.05, 4.69) is 5.32 Å². The zero-order valence-corrected chi connectivity index (χ0v) is 14.5. The third-order valence-electron chi connectivity index (χ3n) is 3.06. The summed E-state index contributed by atoms with van der Waals surface area (Å²) in [5.74, 6) is -0.253. The van der Waals surface area contributed by atoms with Crippen molar-refractivity contribution in [3.05, 3.63) is 28.8 Å². The van der Waals surface area contributed by atoms with Gasteiger partial charge in [-0.2, -0.15) is 4.31 Å². The van der Waals surface area contributed by atoms with Crippen LogP contribution in [0.3, 0.4) is 0 Å². The quantitative estimate of drug-likeness (QED) is 0.778. The van der Waals surface area contributed by atoms with Gasteiger partial charge in [-0.3, -0.25) is 4.79 Å². The van der Waals surface area contributed by atoms with E-state index < -0.39 is 10.0 Å². The molecule has 0 spiro atoms. The first kappa shape index (κ1) is 18.9. The van der Waals surface area contributed by atoms with Crippen LogP contribution in [0.25, 0.3) is 0 Å². The number of amides is 1. The van der Waals surface area contributed by atoms with Crippen LogP contribution in [0.5, 0.6) is 0 Å². The number of hydrogen-bond donors (Lipinski definition) is 1. The molecular formula is C14H21ClN2O4S. The monoisotopic (exact) mass is 348 g/mol. The molecule has 0 radical (unpaired) electrons. The Kier molecular flexibility index (Phi) is 7.28. The van der Waals surface area contributed by atoms with Gasteiger partial charge in [0.25, 0.3) is 0 Å². The summed E-state index contributed by atoms with van der Waals surface area (Å²) >= 11 is 5.86. The molecule has 0 aliphatic heterocycles. The van der Waals surface area contributed by atoms with E-state index >= 15 is 0 Å². The molecule has 0 saturated heterocycles. The van der Waals surface area contributed by atoms with Crippen LogP contribution >= 0.6 is 11.6 Å². The van der Waals surface area contributed by atoms with Crippen molar-refractivity contribution >= 4 is 33.2 Å². The number of rotatable bonds is 8. The van der Waals surface area contributed by atoms with Crippen molar-refractivity contribution in [2.24, 2.45) is 0 Å². The number of benzene rings is 1. The van der Waals surface area contributed by atoms with E-state index in [0.717, 1.165) is 11.8 Å². The third-order valence-corrected chi connectivity index (χ3v) is 4.60. The average Bonchev–Trinajstić information content (AvgIpc) is 2.40. The molecule has 6 nitrogen and oxygen atoms in total. The predicted octanol–water partition coefficient (Wildman–Crippen LogP) is 1.89. The normalized spacial score (nSPS) is 11.7. The SMILES string of the molecule is COCCN(CCC(=O)Nc1ccc(Cl)cc1C)S(C)(=O)=O. The van der Waals surface area contributed by atoms with Crippen molar-refractivity contribution in [3.63, 3.8) is 0 Å². The standard InChI is InChI=1S/C14H21ClN2O4S/c1-11-10-12(15)4-5-13(11)16-14(18)6-7-17(8-9-21-2)22(3,19)20/h4-5,10H,6-9H2,1-3H3,(H,16,18). The van der Waals surface area contributed by atoms with E-state index in [9.17, 15) is 13.2 Å². The molecule has 22 heavy (non-hydrogen) atoms. The van der Waals surface area contributed by atoms with Crippen LogP contribution in [-0.4, -0.2) is 51.7 Å². The highest BCUT2D eigenvalue weighted by atomic mass is 35.5. The molecule has 124 valence electrons. The number of nitrogens with one attached hydrogen (secondary N) is 1. The second kappa shape index (κ2) is 8.47. The van der Waals surface area contributed by atoms with Crippen molar-refractivity contribution in [1.29, 1.82) is 0 Å². The lowest BCUT2D eigenvalue weighted by Crippen LogP contribution is -2.35. The lowest BCUT2D eigenvalue weighted by molar-refractivity contribution is -0.116. The van der Waals surface area contributed by atoms with Gasteiger partial charge < -0.3 is 10.1 Å². The minimum absolute atomic E-state index is 0.0683. The van der Waals surface area contributed by atoms with Crippen molar-refractivity contribution in [2.45, 2.75) is 13.3 Å². The minimum Gasteiger partial charge on any atom is -0.383 e. The molecule has 0 atom stereocenters. The average molecular weight is 349 g/mol. The molecule has 1 aromatic rings. The van der Waals surface area contributed by atoms with Crippen LogP contribution in [-0.2, 0) is 19.6 Å². The number of halogens is 1. The van der Waals surface area contributed by atoms with Gasteiger partial charge in [-0.25, -0.2) is 8.42 Å². The fourth-order valence-corrected chi connectivity index (χ4v) is 2.90. The van der Waals surface area contributed by atoms with Crippen LogP contribution in [0.4, 0.5) is 5.69 Å². The molecular weight excluding hydrogens is 328 g/mol. The number of nitrogens with zero attached hydrogens (tertiary/aromatic N) is 1.